The van der Waals surface area contributed by atoms with Crippen molar-refractivity contribution in [3.05, 3.63) is 36.1 Å². The number of imidazole rings is 1. The molecule has 3 heterocycles. The van der Waals surface area contributed by atoms with Gasteiger partial charge >= 0.3 is 0 Å². The van der Waals surface area contributed by atoms with Crippen LogP contribution < -0.4 is 5.32 Å². The van der Waals surface area contributed by atoms with Crippen LogP contribution in [0, 0.1) is 11.7 Å². The maximum Gasteiger partial charge on any atom is 0.186 e. The monoisotopic (exact) mass is 319 g/mol. The van der Waals surface area contributed by atoms with Crippen molar-refractivity contribution in [1.29, 1.82) is 0 Å². The molecule has 0 saturated carbocycles. The molecule has 6 nitrogen and oxygen atoms in total. The Bertz CT molecular complexity index is 654. The Kier molecular flexibility index (Phi) is 4.85. The van der Waals surface area contributed by atoms with Gasteiger partial charge in [-0.1, -0.05) is 6.92 Å². The van der Waals surface area contributed by atoms with Crippen LogP contribution in [0.3, 0.4) is 0 Å². The minimum Gasteiger partial charge on any atom is -0.381 e. The minimum atomic E-state index is -0.374. The number of ether oxygens (including phenoxy) is 1. The Morgan fingerprint density at radius 3 is 2.78 bits per heavy atom. The molecule has 3 rings (SSSR count). The lowest BCUT2D eigenvalue weighted by Gasteiger charge is -2.31. The van der Waals surface area contributed by atoms with Crippen LogP contribution in [0.2, 0.25) is 0 Å². The van der Waals surface area contributed by atoms with Crippen molar-refractivity contribution >= 4 is 5.82 Å². The van der Waals surface area contributed by atoms with Gasteiger partial charge in [-0.3, -0.25) is 0 Å². The third-order valence-corrected chi connectivity index (χ3v) is 4.36. The summed E-state index contributed by atoms with van der Waals surface area (Å²) in [5.74, 6) is 1.08. The van der Waals surface area contributed by atoms with Crippen molar-refractivity contribution < 1.29 is 9.13 Å². The van der Waals surface area contributed by atoms with E-state index in [0.717, 1.165) is 31.9 Å². The Morgan fingerprint density at radius 2 is 2.13 bits per heavy atom. The summed E-state index contributed by atoms with van der Waals surface area (Å²) in [5, 5.41) is 3.27. The van der Waals surface area contributed by atoms with Crippen LogP contribution in [-0.2, 0) is 18.2 Å². The normalized spacial score (nSPS) is 17.2. The molecule has 1 atom stereocenters. The molecule has 2 aromatic heterocycles. The Hall–Kier alpha value is -2.02. The minimum absolute atomic E-state index is 0.104. The quantitative estimate of drug-likeness (QED) is 0.917. The fourth-order valence-electron chi connectivity index (χ4n) is 3.02. The second-order valence-electron chi connectivity index (χ2n) is 5.80. The smallest absolute Gasteiger partial charge is 0.186 e. The number of aryl methyl sites for hydroxylation is 2. The van der Waals surface area contributed by atoms with E-state index < -0.39 is 0 Å². The first-order valence-electron chi connectivity index (χ1n) is 8.01. The molecule has 0 amide bonds. The molecule has 0 radical (unpaired) electrons. The number of rotatable bonds is 5. The summed E-state index contributed by atoms with van der Waals surface area (Å²) in [4.78, 5) is 12.5. The second-order valence-corrected chi connectivity index (χ2v) is 5.80. The second kappa shape index (κ2) is 7.04. The Balaban J connectivity index is 1.91. The SMILES string of the molecule is CCc1ncnc(N[C@@H](c2nccn2C)C2CCOCC2)c1F. The summed E-state index contributed by atoms with van der Waals surface area (Å²) in [6, 6.07) is -0.104. The predicted octanol–water partition coefficient (Wildman–Crippen LogP) is 2.49. The van der Waals surface area contributed by atoms with Crippen molar-refractivity contribution in [2.45, 2.75) is 32.2 Å². The van der Waals surface area contributed by atoms with Crippen LogP contribution in [0.5, 0.6) is 0 Å². The molecule has 2 aromatic rings. The first kappa shape index (κ1) is 15.9. The fourth-order valence-corrected chi connectivity index (χ4v) is 3.02. The van der Waals surface area contributed by atoms with Crippen molar-refractivity contribution in [2.24, 2.45) is 13.0 Å². The zero-order chi connectivity index (χ0) is 16.2. The predicted molar refractivity (Wildman–Crippen MR) is 84.5 cm³/mol. The average molecular weight is 319 g/mol. The van der Waals surface area contributed by atoms with Gasteiger partial charge in [0.1, 0.15) is 12.2 Å². The third-order valence-electron chi connectivity index (χ3n) is 4.36. The zero-order valence-electron chi connectivity index (χ0n) is 13.5. The molecule has 0 unspecified atom stereocenters. The highest BCUT2D eigenvalue weighted by atomic mass is 19.1. The number of hydrogen-bond acceptors (Lipinski definition) is 5. The lowest BCUT2D eigenvalue weighted by atomic mass is 9.91. The Labute approximate surface area is 135 Å². The number of anilines is 1. The highest BCUT2D eigenvalue weighted by Gasteiger charge is 2.29. The van der Waals surface area contributed by atoms with Crippen LogP contribution in [0.25, 0.3) is 0 Å². The fraction of sp³-hybridized carbons (Fsp3) is 0.562. The molecular weight excluding hydrogens is 297 g/mol. The molecule has 0 aromatic carbocycles. The van der Waals surface area contributed by atoms with E-state index in [2.05, 4.69) is 20.3 Å². The number of aromatic nitrogens is 4. The van der Waals surface area contributed by atoms with Gasteiger partial charge in [-0.05, 0) is 25.2 Å². The van der Waals surface area contributed by atoms with E-state index in [-0.39, 0.29) is 17.7 Å². The largest absolute Gasteiger partial charge is 0.381 e. The molecule has 1 saturated heterocycles. The van der Waals surface area contributed by atoms with Gasteiger partial charge in [-0.15, -0.1) is 0 Å². The van der Waals surface area contributed by atoms with Gasteiger partial charge in [0.25, 0.3) is 0 Å². The zero-order valence-corrected chi connectivity index (χ0v) is 13.5. The summed E-state index contributed by atoms with van der Waals surface area (Å²) in [7, 11) is 1.95. The van der Waals surface area contributed by atoms with Crippen molar-refractivity contribution in [2.75, 3.05) is 18.5 Å². The molecule has 1 N–H and O–H groups in total. The number of halogens is 1. The summed E-state index contributed by atoms with van der Waals surface area (Å²) in [6.45, 7) is 3.32. The van der Waals surface area contributed by atoms with Crippen LogP contribution in [-0.4, -0.2) is 32.7 Å². The van der Waals surface area contributed by atoms with Crippen molar-refractivity contribution in [3.8, 4) is 0 Å². The maximum atomic E-state index is 14.5. The van der Waals surface area contributed by atoms with E-state index in [1.165, 1.54) is 6.33 Å². The summed E-state index contributed by atoms with van der Waals surface area (Å²) in [5.41, 5.74) is 0.424. The molecular formula is C16H22FN5O. The molecule has 0 spiro atoms. The van der Waals surface area contributed by atoms with E-state index in [1.807, 2.05) is 24.7 Å². The summed E-state index contributed by atoms with van der Waals surface area (Å²) >= 11 is 0. The standard InChI is InChI=1S/C16H22FN5O/c1-3-12-13(17)15(20-10-19-12)21-14(11-4-8-23-9-5-11)16-18-6-7-22(16)2/h6-7,10-11,14H,3-5,8-9H2,1-2H3,(H,19,20,21)/t14-/m1/s1. The van der Waals surface area contributed by atoms with Crippen LogP contribution in [0.15, 0.2) is 18.7 Å². The molecule has 7 heteroatoms. The first-order chi connectivity index (χ1) is 11.2. The summed E-state index contributed by atoms with van der Waals surface area (Å²) < 4.78 is 21.9. The number of nitrogens with zero attached hydrogens (tertiary/aromatic N) is 4. The van der Waals surface area contributed by atoms with Gasteiger partial charge in [-0.2, -0.15) is 0 Å². The lowest BCUT2D eigenvalue weighted by Crippen LogP contribution is -2.29. The maximum absolute atomic E-state index is 14.5. The van der Waals surface area contributed by atoms with Crippen LogP contribution >= 0.6 is 0 Å². The van der Waals surface area contributed by atoms with Crippen molar-refractivity contribution in [1.82, 2.24) is 19.5 Å². The first-order valence-corrected chi connectivity index (χ1v) is 8.01. The van der Waals surface area contributed by atoms with E-state index in [4.69, 9.17) is 4.74 Å². The molecule has 0 aliphatic carbocycles. The Morgan fingerprint density at radius 1 is 1.35 bits per heavy atom. The molecule has 1 fully saturated rings. The van der Waals surface area contributed by atoms with E-state index in [0.29, 0.717) is 18.0 Å². The highest BCUT2D eigenvalue weighted by Crippen LogP contribution is 2.32. The average Bonchev–Trinajstić information content (AvgIpc) is 3.00. The molecule has 124 valence electrons. The third kappa shape index (κ3) is 3.34. The molecule has 23 heavy (non-hydrogen) atoms. The van der Waals surface area contributed by atoms with Crippen molar-refractivity contribution in [3.63, 3.8) is 0 Å². The topological polar surface area (TPSA) is 64.9 Å². The van der Waals surface area contributed by atoms with Gasteiger partial charge in [-0.25, -0.2) is 19.3 Å². The van der Waals surface area contributed by atoms with Gasteiger partial charge in [0.05, 0.1) is 11.7 Å². The van der Waals surface area contributed by atoms with E-state index in [9.17, 15) is 4.39 Å². The van der Waals surface area contributed by atoms with Crippen LogP contribution in [0.1, 0.15) is 37.3 Å². The molecule has 1 aliphatic heterocycles. The molecule has 0 bridgehead atoms. The summed E-state index contributed by atoms with van der Waals surface area (Å²) in [6.07, 6.45) is 7.43. The van der Waals surface area contributed by atoms with Crippen LogP contribution in [0.4, 0.5) is 10.2 Å². The van der Waals surface area contributed by atoms with Gasteiger partial charge in [0, 0.05) is 32.7 Å². The van der Waals surface area contributed by atoms with Gasteiger partial charge in [0.15, 0.2) is 11.6 Å². The number of hydrogen-bond donors (Lipinski definition) is 1. The highest BCUT2D eigenvalue weighted by molar-refractivity contribution is 5.39. The van der Waals surface area contributed by atoms with Gasteiger partial charge < -0.3 is 14.6 Å². The van der Waals surface area contributed by atoms with E-state index >= 15 is 0 Å². The van der Waals surface area contributed by atoms with E-state index in [1.54, 1.807) is 6.20 Å². The van der Waals surface area contributed by atoms with Gasteiger partial charge in [0.2, 0.25) is 0 Å². The number of nitrogens with one attached hydrogen (secondary N) is 1. The molecule has 1 aliphatic rings. The lowest BCUT2D eigenvalue weighted by molar-refractivity contribution is 0.0593.